The van der Waals surface area contributed by atoms with Crippen LogP contribution in [0, 0.1) is 0 Å². The first-order chi connectivity index (χ1) is 16.0. The van der Waals surface area contributed by atoms with Crippen LogP contribution in [0.15, 0.2) is 42.5 Å². The molecule has 5 nitrogen and oxygen atoms in total. The SMILES string of the molecule is COC(=O)CCCN(CCCNC(=S)Nc1ccc(Cl)c(Cl)c1)C1CCCc2ccccc21. The van der Waals surface area contributed by atoms with Crippen molar-refractivity contribution in [1.82, 2.24) is 10.2 Å². The third-order valence-corrected chi connectivity index (χ3v) is 6.90. The summed E-state index contributed by atoms with van der Waals surface area (Å²) in [6.45, 7) is 2.53. The number of benzene rings is 2. The minimum absolute atomic E-state index is 0.153. The van der Waals surface area contributed by atoms with Crippen LogP contribution in [-0.4, -0.2) is 42.7 Å². The molecule has 0 radical (unpaired) electrons. The minimum Gasteiger partial charge on any atom is -0.469 e. The number of methoxy groups -OCH3 is 1. The Morgan fingerprint density at radius 1 is 1.15 bits per heavy atom. The van der Waals surface area contributed by atoms with E-state index in [1.807, 2.05) is 6.07 Å². The fourth-order valence-electron chi connectivity index (χ4n) is 4.29. The van der Waals surface area contributed by atoms with Gasteiger partial charge in [-0.3, -0.25) is 9.69 Å². The van der Waals surface area contributed by atoms with Gasteiger partial charge in [-0.15, -0.1) is 0 Å². The molecule has 0 saturated heterocycles. The molecule has 2 N–H and O–H groups in total. The summed E-state index contributed by atoms with van der Waals surface area (Å²) in [4.78, 5) is 14.1. The van der Waals surface area contributed by atoms with E-state index in [0.717, 1.165) is 51.0 Å². The number of ether oxygens (including phenoxy) is 1. The highest BCUT2D eigenvalue weighted by molar-refractivity contribution is 7.80. The Morgan fingerprint density at radius 3 is 2.73 bits per heavy atom. The van der Waals surface area contributed by atoms with Crippen LogP contribution in [0.5, 0.6) is 0 Å². The lowest BCUT2D eigenvalue weighted by atomic mass is 9.86. The Labute approximate surface area is 211 Å². The maximum Gasteiger partial charge on any atom is 0.305 e. The summed E-state index contributed by atoms with van der Waals surface area (Å²) in [5.41, 5.74) is 3.66. The average molecular weight is 509 g/mol. The molecule has 2 aromatic carbocycles. The van der Waals surface area contributed by atoms with E-state index in [-0.39, 0.29) is 5.97 Å². The normalized spacial score (nSPS) is 15.1. The highest BCUT2D eigenvalue weighted by atomic mass is 35.5. The van der Waals surface area contributed by atoms with Crippen molar-refractivity contribution in [2.45, 2.75) is 44.6 Å². The van der Waals surface area contributed by atoms with Crippen LogP contribution in [0.4, 0.5) is 5.69 Å². The summed E-state index contributed by atoms with van der Waals surface area (Å²) in [7, 11) is 1.44. The van der Waals surface area contributed by atoms with Crippen LogP contribution in [-0.2, 0) is 16.0 Å². The van der Waals surface area contributed by atoms with Gasteiger partial charge in [0.15, 0.2) is 5.11 Å². The molecule has 8 heteroatoms. The molecule has 0 fully saturated rings. The largest absolute Gasteiger partial charge is 0.469 e. The van der Waals surface area contributed by atoms with Gasteiger partial charge < -0.3 is 15.4 Å². The zero-order chi connectivity index (χ0) is 23.6. The first-order valence-corrected chi connectivity index (χ1v) is 12.5. The number of carbonyl (C=O) groups excluding carboxylic acids is 1. The van der Waals surface area contributed by atoms with Crippen molar-refractivity contribution >= 4 is 52.2 Å². The number of nitrogens with zero attached hydrogens (tertiary/aromatic N) is 1. The average Bonchev–Trinajstić information content (AvgIpc) is 2.82. The number of carbonyl (C=O) groups is 1. The summed E-state index contributed by atoms with van der Waals surface area (Å²) in [6, 6.07) is 14.4. The number of rotatable bonds is 10. The first kappa shape index (κ1) is 25.8. The summed E-state index contributed by atoms with van der Waals surface area (Å²) in [6.07, 6.45) is 5.62. The van der Waals surface area contributed by atoms with Crippen molar-refractivity contribution in [3.63, 3.8) is 0 Å². The van der Waals surface area contributed by atoms with E-state index < -0.39 is 0 Å². The van der Waals surface area contributed by atoms with Gasteiger partial charge in [0.25, 0.3) is 0 Å². The van der Waals surface area contributed by atoms with Crippen molar-refractivity contribution < 1.29 is 9.53 Å². The molecule has 0 saturated carbocycles. The van der Waals surface area contributed by atoms with Crippen LogP contribution in [0.1, 0.15) is 49.3 Å². The maximum atomic E-state index is 11.6. The molecule has 178 valence electrons. The molecular formula is C25H31Cl2N3O2S. The standard InChI is InChI=1S/C25H31Cl2N3O2S/c1-32-24(31)11-5-15-30(23-10-4-8-18-7-2-3-9-20(18)23)16-6-14-28-25(33)29-19-12-13-21(26)22(27)17-19/h2-3,7,9,12-13,17,23H,4-6,8,10-11,14-16H2,1H3,(H2,28,29,33). The molecular weight excluding hydrogens is 477 g/mol. The van der Waals surface area contributed by atoms with Crippen molar-refractivity contribution in [3.8, 4) is 0 Å². The third kappa shape index (κ3) is 7.85. The molecule has 0 aromatic heterocycles. The highest BCUT2D eigenvalue weighted by Crippen LogP contribution is 2.34. The van der Waals surface area contributed by atoms with Crippen molar-refractivity contribution in [2.75, 3.05) is 32.1 Å². The number of thiocarbonyl (C=S) groups is 1. The molecule has 0 aliphatic heterocycles. The van der Waals surface area contributed by atoms with Gasteiger partial charge in [-0.25, -0.2) is 0 Å². The van der Waals surface area contributed by atoms with E-state index in [2.05, 4.69) is 39.8 Å². The van der Waals surface area contributed by atoms with Crippen LogP contribution in [0.25, 0.3) is 0 Å². The van der Waals surface area contributed by atoms with Gasteiger partial charge in [0.05, 0.1) is 17.2 Å². The monoisotopic (exact) mass is 507 g/mol. The molecule has 2 aromatic rings. The van der Waals surface area contributed by atoms with Gasteiger partial charge in [-0.2, -0.15) is 0 Å². The quantitative estimate of drug-likeness (QED) is 0.233. The first-order valence-electron chi connectivity index (χ1n) is 11.4. The van der Waals surface area contributed by atoms with E-state index >= 15 is 0 Å². The van der Waals surface area contributed by atoms with E-state index in [1.165, 1.54) is 24.7 Å². The lowest BCUT2D eigenvalue weighted by Crippen LogP contribution is -2.36. The van der Waals surface area contributed by atoms with E-state index in [1.54, 1.807) is 12.1 Å². The van der Waals surface area contributed by atoms with E-state index in [4.69, 9.17) is 40.2 Å². The molecule has 1 unspecified atom stereocenters. The molecule has 33 heavy (non-hydrogen) atoms. The van der Waals surface area contributed by atoms with Crippen molar-refractivity contribution in [2.24, 2.45) is 0 Å². The van der Waals surface area contributed by atoms with Gasteiger partial charge in [-0.05, 0) is 80.2 Å². The molecule has 1 atom stereocenters. The minimum atomic E-state index is -0.153. The zero-order valence-electron chi connectivity index (χ0n) is 18.9. The Kier molecular flexibility index (Phi) is 10.3. The molecule has 0 heterocycles. The summed E-state index contributed by atoms with van der Waals surface area (Å²) < 4.78 is 4.82. The number of nitrogens with one attached hydrogen (secondary N) is 2. The van der Waals surface area contributed by atoms with Gasteiger partial charge in [0.2, 0.25) is 0 Å². The van der Waals surface area contributed by atoms with Crippen LogP contribution in [0.2, 0.25) is 10.0 Å². The fraction of sp³-hybridized carbons (Fsp3) is 0.440. The summed E-state index contributed by atoms with van der Waals surface area (Å²) >= 11 is 17.5. The zero-order valence-corrected chi connectivity index (χ0v) is 21.2. The second kappa shape index (κ2) is 13.1. The fourth-order valence-corrected chi connectivity index (χ4v) is 4.81. The van der Waals surface area contributed by atoms with E-state index in [0.29, 0.717) is 27.6 Å². The number of halogens is 2. The highest BCUT2D eigenvalue weighted by Gasteiger charge is 2.25. The molecule has 0 spiro atoms. The lowest BCUT2D eigenvalue weighted by molar-refractivity contribution is -0.140. The summed E-state index contributed by atoms with van der Waals surface area (Å²) in [5.74, 6) is -0.153. The Bertz CT molecular complexity index is 957. The molecule has 1 aliphatic rings. The maximum absolute atomic E-state index is 11.6. The molecule has 0 bridgehead atoms. The smallest absolute Gasteiger partial charge is 0.305 e. The lowest BCUT2D eigenvalue weighted by Gasteiger charge is -2.36. The van der Waals surface area contributed by atoms with Gasteiger partial charge in [0, 0.05) is 31.2 Å². The number of fused-ring (bicyclic) bond motifs is 1. The van der Waals surface area contributed by atoms with Crippen LogP contribution >= 0.6 is 35.4 Å². The second-order valence-corrected chi connectivity index (χ2v) is 9.41. The Hall–Kier alpha value is -1.86. The van der Waals surface area contributed by atoms with Crippen molar-refractivity contribution in [3.05, 3.63) is 63.6 Å². The van der Waals surface area contributed by atoms with Gasteiger partial charge in [-0.1, -0.05) is 47.5 Å². The second-order valence-electron chi connectivity index (χ2n) is 8.19. The summed E-state index contributed by atoms with van der Waals surface area (Å²) in [5, 5.41) is 7.96. The van der Waals surface area contributed by atoms with Gasteiger partial charge in [0.1, 0.15) is 0 Å². The molecule has 1 aliphatic carbocycles. The number of anilines is 1. The Balaban J connectivity index is 1.53. The molecule has 0 amide bonds. The van der Waals surface area contributed by atoms with Crippen LogP contribution in [0.3, 0.4) is 0 Å². The number of aryl methyl sites for hydroxylation is 1. The molecule has 3 rings (SSSR count). The predicted octanol–water partition coefficient (Wildman–Crippen LogP) is 6.00. The third-order valence-electron chi connectivity index (χ3n) is 5.92. The predicted molar refractivity (Wildman–Crippen MR) is 140 cm³/mol. The van der Waals surface area contributed by atoms with Crippen molar-refractivity contribution in [1.29, 1.82) is 0 Å². The van der Waals surface area contributed by atoms with Crippen LogP contribution < -0.4 is 10.6 Å². The topological polar surface area (TPSA) is 53.6 Å². The number of esters is 1. The Morgan fingerprint density at radius 2 is 1.94 bits per heavy atom. The van der Waals surface area contributed by atoms with Gasteiger partial charge >= 0.3 is 5.97 Å². The number of hydrogen-bond donors (Lipinski definition) is 2. The van der Waals surface area contributed by atoms with E-state index in [9.17, 15) is 4.79 Å². The number of hydrogen-bond acceptors (Lipinski definition) is 4.